The molecule has 0 bridgehead atoms. The fourth-order valence-electron chi connectivity index (χ4n) is 2.53. The molecule has 1 aliphatic heterocycles. The molecule has 0 atom stereocenters. The predicted octanol–water partition coefficient (Wildman–Crippen LogP) is 1.52. The number of hydrogen-bond acceptors (Lipinski definition) is 2. The molecule has 3 heteroatoms. The van der Waals surface area contributed by atoms with Crippen molar-refractivity contribution in [2.45, 2.75) is 26.7 Å². The molecule has 0 unspecified atom stereocenters. The summed E-state index contributed by atoms with van der Waals surface area (Å²) < 4.78 is 5.21. The van der Waals surface area contributed by atoms with Crippen LogP contribution in [-0.4, -0.2) is 24.3 Å². The standard InChI is InChI=1S/C10H16O3/c1-7(2)10(5-13-6-10)9(3-4-9)8(11)12/h7H,3-6H2,1-2H3,(H,11,12). The first-order chi connectivity index (χ1) is 6.05. The van der Waals surface area contributed by atoms with E-state index in [1.165, 1.54) is 0 Å². The molecule has 1 aliphatic carbocycles. The Balaban J connectivity index is 2.26. The zero-order valence-corrected chi connectivity index (χ0v) is 8.17. The van der Waals surface area contributed by atoms with Gasteiger partial charge in [-0.25, -0.2) is 0 Å². The summed E-state index contributed by atoms with van der Waals surface area (Å²) in [5.41, 5.74) is -0.516. The van der Waals surface area contributed by atoms with Crippen LogP contribution >= 0.6 is 0 Å². The van der Waals surface area contributed by atoms with E-state index in [0.29, 0.717) is 19.1 Å². The van der Waals surface area contributed by atoms with Gasteiger partial charge in [0.15, 0.2) is 0 Å². The molecule has 1 saturated heterocycles. The van der Waals surface area contributed by atoms with E-state index < -0.39 is 11.4 Å². The van der Waals surface area contributed by atoms with Crippen LogP contribution in [0.15, 0.2) is 0 Å². The molecule has 2 rings (SSSR count). The molecule has 1 saturated carbocycles. The van der Waals surface area contributed by atoms with E-state index in [0.717, 1.165) is 12.8 Å². The lowest BCUT2D eigenvalue weighted by Gasteiger charge is -2.49. The van der Waals surface area contributed by atoms with Crippen LogP contribution in [0.25, 0.3) is 0 Å². The highest BCUT2D eigenvalue weighted by atomic mass is 16.5. The maximum atomic E-state index is 11.2. The van der Waals surface area contributed by atoms with Crippen LogP contribution in [0.2, 0.25) is 0 Å². The Kier molecular flexibility index (Phi) is 1.71. The van der Waals surface area contributed by atoms with Gasteiger partial charge in [0.1, 0.15) is 0 Å². The largest absolute Gasteiger partial charge is 0.481 e. The zero-order valence-electron chi connectivity index (χ0n) is 8.17. The molecule has 0 aromatic rings. The van der Waals surface area contributed by atoms with Gasteiger partial charge in [-0.2, -0.15) is 0 Å². The summed E-state index contributed by atoms with van der Waals surface area (Å²) in [5.74, 6) is -0.218. The van der Waals surface area contributed by atoms with E-state index in [9.17, 15) is 9.90 Å². The van der Waals surface area contributed by atoms with Gasteiger partial charge < -0.3 is 9.84 Å². The molecule has 74 valence electrons. The molecule has 3 nitrogen and oxygen atoms in total. The molecule has 13 heavy (non-hydrogen) atoms. The van der Waals surface area contributed by atoms with Crippen molar-refractivity contribution in [3.63, 3.8) is 0 Å². The second-order valence-electron chi connectivity index (χ2n) is 4.69. The lowest BCUT2D eigenvalue weighted by atomic mass is 9.63. The fourth-order valence-corrected chi connectivity index (χ4v) is 2.53. The highest BCUT2D eigenvalue weighted by Crippen LogP contribution is 2.64. The Hall–Kier alpha value is -0.570. The molecular weight excluding hydrogens is 168 g/mol. The second kappa shape index (κ2) is 2.47. The number of carboxylic acids is 1. The summed E-state index contributed by atoms with van der Waals surface area (Å²) >= 11 is 0. The predicted molar refractivity (Wildman–Crippen MR) is 47.4 cm³/mol. The van der Waals surface area contributed by atoms with Crippen molar-refractivity contribution in [2.24, 2.45) is 16.7 Å². The van der Waals surface area contributed by atoms with Crippen molar-refractivity contribution in [1.82, 2.24) is 0 Å². The number of aliphatic carboxylic acids is 1. The Labute approximate surface area is 78.1 Å². The average Bonchev–Trinajstić information content (AvgIpc) is 2.64. The third-order valence-corrected chi connectivity index (χ3v) is 3.94. The lowest BCUT2D eigenvalue weighted by molar-refractivity contribution is -0.197. The highest BCUT2D eigenvalue weighted by Gasteiger charge is 2.68. The van der Waals surface area contributed by atoms with Crippen LogP contribution < -0.4 is 0 Å². The summed E-state index contributed by atoms with van der Waals surface area (Å²) in [7, 11) is 0. The molecule has 2 aliphatic rings. The maximum Gasteiger partial charge on any atom is 0.310 e. The second-order valence-corrected chi connectivity index (χ2v) is 4.69. The normalized spacial score (nSPS) is 28.2. The van der Waals surface area contributed by atoms with Gasteiger partial charge in [0.05, 0.1) is 18.6 Å². The smallest absolute Gasteiger partial charge is 0.310 e. The number of ether oxygens (including phenoxy) is 1. The van der Waals surface area contributed by atoms with Gasteiger partial charge in [-0.05, 0) is 18.8 Å². The van der Waals surface area contributed by atoms with Crippen molar-refractivity contribution in [3.8, 4) is 0 Å². The number of carboxylic acid groups (broad SMARTS) is 1. The third kappa shape index (κ3) is 0.909. The van der Waals surface area contributed by atoms with E-state index in [1.807, 2.05) is 0 Å². The van der Waals surface area contributed by atoms with Crippen molar-refractivity contribution in [3.05, 3.63) is 0 Å². The van der Waals surface area contributed by atoms with E-state index in [2.05, 4.69) is 13.8 Å². The quantitative estimate of drug-likeness (QED) is 0.723. The molecule has 0 amide bonds. The van der Waals surface area contributed by atoms with Crippen LogP contribution in [0.5, 0.6) is 0 Å². The molecule has 2 fully saturated rings. The Morgan fingerprint density at radius 3 is 2.00 bits per heavy atom. The van der Waals surface area contributed by atoms with Crippen LogP contribution in [0.3, 0.4) is 0 Å². The van der Waals surface area contributed by atoms with Gasteiger partial charge in [-0.15, -0.1) is 0 Å². The summed E-state index contributed by atoms with van der Waals surface area (Å²) in [4.78, 5) is 11.2. The molecule has 1 heterocycles. The van der Waals surface area contributed by atoms with Crippen LogP contribution in [0.1, 0.15) is 26.7 Å². The molecule has 0 aromatic heterocycles. The maximum absolute atomic E-state index is 11.2. The Bertz CT molecular complexity index is 237. The lowest BCUT2D eigenvalue weighted by Crippen LogP contribution is -2.55. The minimum Gasteiger partial charge on any atom is -0.481 e. The van der Waals surface area contributed by atoms with Gasteiger partial charge in [-0.3, -0.25) is 4.79 Å². The molecule has 1 N–H and O–H groups in total. The van der Waals surface area contributed by atoms with Gasteiger partial charge in [0.2, 0.25) is 0 Å². The van der Waals surface area contributed by atoms with Gasteiger partial charge in [0.25, 0.3) is 0 Å². The van der Waals surface area contributed by atoms with Crippen molar-refractivity contribution in [2.75, 3.05) is 13.2 Å². The Morgan fingerprint density at radius 1 is 1.38 bits per heavy atom. The first kappa shape index (κ1) is 9.00. The molecular formula is C10H16O3. The summed E-state index contributed by atoms with van der Waals surface area (Å²) in [5, 5.41) is 9.20. The minimum atomic E-state index is -0.621. The topological polar surface area (TPSA) is 46.5 Å². The molecule has 0 spiro atoms. The summed E-state index contributed by atoms with van der Waals surface area (Å²) in [6.07, 6.45) is 1.67. The Morgan fingerprint density at radius 2 is 1.92 bits per heavy atom. The van der Waals surface area contributed by atoms with Gasteiger partial charge in [-0.1, -0.05) is 13.8 Å². The van der Waals surface area contributed by atoms with Crippen LogP contribution in [-0.2, 0) is 9.53 Å². The van der Waals surface area contributed by atoms with Crippen molar-refractivity contribution in [1.29, 1.82) is 0 Å². The average molecular weight is 184 g/mol. The first-order valence-corrected chi connectivity index (χ1v) is 4.86. The van der Waals surface area contributed by atoms with Gasteiger partial charge in [0, 0.05) is 5.41 Å². The van der Waals surface area contributed by atoms with E-state index in [1.54, 1.807) is 0 Å². The monoisotopic (exact) mass is 184 g/mol. The zero-order chi connectivity index (χ0) is 9.69. The van der Waals surface area contributed by atoms with Gasteiger partial charge >= 0.3 is 5.97 Å². The van der Waals surface area contributed by atoms with Crippen LogP contribution in [0, 0.1) is 16.7 Å². The summed E-state index contributed by atoms with van der Waals surface area (Å²) in [6.45, 7) is 5.48. The first-order valence-electron chi connectivity index (χ1n) is 4.86. The minimum absolute atomic E-state index is 0.0706. The van der Waals surface area contributed by atoms with Crippen molar-refractivity contribution >= 4 is 5.97 Å². The number of carbonyl (C=O) groups is 1. The van der Waals surface area contributed by atoms with E-state index in [-0.39, 0.29) is 5.41 Å². The molecule has 0 radical (unpaired) electrons. The SMILES string of the molecule is CC(C)C1(C2(C(=O)O)CC2)COC1. The number of rotatable bonds is 3. The fraction of sp³-hybridized carbons (Fsp3) is 0.900. The third-order valence-electron chi connectivity index (χ3n) is 3.94. The van der Waals surface area contributed by atoms with E-state index in [4.69, 9.17) is 4.74 Å². The van der Waals surface area contributed by atoms with Crippen LogP contribution in [0.4, 0.5) is 0 Å². The van der Waals surface area contributed by atoms with Crippen molar-refractivity contribution < 1.29 is 14.6 Å². The summed E-state index contributed by atoms with van der Waals surface area (Å²) in [6, 6.07) is 0. The number of hydrogen-bond donors (Lipinski definition) is 1. The molecule has 0 aromatic carbocycles. The highest BCUT2D eigenvalue weighted by molar-refractivity contribution is 5.79. The van der Waals surface area contributed by atoms with E-state index >= 15 is 0 Å².